The van der Waals surface area contributed by atoms with Crippen molar-refractivity contribution in [2.24, 2.45) is 11.8 Å². The number of rotatable bonds is 1. The normalized spacial score (nSPS) is 27.1. The molecule has 18 heavy (non-hydrogen) atoms. The molecule has 2 saturated heterocycles. The van der Waals surface area contributed by atoms with Gasteiger partial charge in [-0.15, -0.1) is 0 Å². The molecule has 1 aromatic rings. The van der Waals surface area contributed by atoms with Crippen LogP contribution in [0, 0.1) is 11.8 Å². The van der Waals surface area contributed by atoms with Crippen LogP contribution < -0.4 is 5.32 Å². The minimum absolute atomic E-state index is 0.0807. The third kappa shape index (κ3) is 2.25. The van der Waals surface area contributed by atoms with Gasteiger partial charge in [0, 0.05) is 13.1 Å². The average molecular weight is 265 g/mol. The van der Waals surface area contributed by atoms with E-state index in [1.54, 1.807) is 6.07 Å². The molecule has 2 heterocycles. The Morgan fingerprint density at radius 1 is 1.22 bits per heavy atom. The number of carbonyl (C=O) groups excluding carboxylic acids is 1. The second kappa shape index (κ2) is 4.90. The Morgan fingerprint density at radius 3 is 2.56 bits per heavy atom. The quantitative estimate of drug-likeness (QED) is 0.842. The third-order valence-electron chi connectivity index (χ3n) is 3.88. The lowest BCUT2D eigenvalue weighted by molar-refractivity contribution is 0.0538. The van der Waals surface area contributed by atoms with Crippen LogP contribution in [0.3, 0.4) is 0 Å². The number of halogens is 1. The highest BCUT2D eigenvalue weighted by Gasteiger charge is 2.33. The second-order valence-corrected chi connectivity index (χ2v) is 5.72. The molecule has 2 atom stereocenters. The molecule has 0 aliphatic carbocycles. The SMILES string of the molecule is O=C(c1ccccc1Cl)N1C[C@@H]2CNC[C@@H](C2)C1. The van der Waals surface area contributed by atoms with Crippen LogP contribution in [0.15, 0.2) is 24.3 Å². The van der Waals surface area contributed by atoms with E-state index in [4.69, 9.17) is 11.6 Å². The van der Waals surface area contributed by atoms with Crippen molar-refractivity contribution in [3.63, 3.8) is 0 Å². The van der Waals surface area contributed by atoms with E-state index in [-0.39, 0.29) is 5.91 Å². The number of fused-ring (bicyclic) bond motifs is 2. The third-order valence-corrected chi connectivity index (χ3v) is 4.21. The minimum atomic E-state index is 0.0807. The van der Waals surface area contributed by atoms with Gasteiger partial charge in [0.1, 0.15) is 0 Å². The van der Waals surface area contributed by atoms with Crippen molar-refractivity contribution in [3.8, 4) is 0 Å². The number of nitrogens with one attached hydrogen (secondary N) is 1. The molecule has 2 bridgehead atoms. The predicted octanol–water partition coefficient (Wildman–Crippen LogP) is 2.02. The van der Waals surface area contributed by atoms with Crippen molar-refractivity contribution in [3.05, 3.63) is 34.9 Å². The fraction of sp³-hybridized carbons (Fsp3) is 0.500. The van der Waals surface area contributed by atoms with E-state index in [9.17, 15) is 4.79 Å². The maximum absolute atomic E-state index is 12.5. The molecule has 2 aliphatic rings. The van der Waals surface area contributed by atoms with Gasteiger partial charge < -0.3 is 10.2 Å². The first kappa shape index (κ1) is 12.0. The molecule has 3 nitrogen and oxygen atoms in total. The Morgan fingerprint density at radius 2 is 1.89 bits per heavy atom. The van der Waals surface area contributed by atoms with E-state index in [0.717, 1.165) is 26.2 Å². The maximum atomic E-state index is 12.5. The summed E-state index contributed by atoms with van der Waals surface area (Å²) in [5.74, 6) is 1.28. The summed E-state index contributed by atoms with van der Waals surface area (Å²) in [6.45, 7) is 3.77. The number of likely N-dealkylation sites (tertiary alicyclic amines) is 1. The fourth-order valence-electron chi connectivity index (χ4n) is 3.08. The summed E-state index contributed by atoms with van der Waals surface area (Å²) < 4.78 is 0. The molecule has 96 valence electrons. The van der Waals surface area contributed by atoms with Crippen LogP contribution in [-0.4, -0.2) is 37.0 Å². The van der Waals surface area contributed by atoms with Crippen LogP contribution in [0.5, 0.6) is 0 Å². The molecular weight excluding hydrogens is 248 g/mol. The van der Waals surface area contributed by atoms with Crippen molar-refractivity contribution >= 4 is 17.5 Å². The number of amides is 1. The smallest absolute Gasteiger partial charge is 0.255 e. The van der Waals surface area contributed by atoms with E-state index >= 15 is 0 Å². The molecule has 0 radical (unpaired) electrons. The molecule has 0 aromatic heterocycles. The Kier molecular flexibility index (Phi) is 3.27. The molecule has 1 amide bonds. The standard InChI is InChI=1S/C14H17ClN2O/c15-13-4-2-1-3-12(13)14(18)17-8-10-5-11(9-17)7-16-6-10/h1-4,10-11,16H,5-9H2/t10-,11+. The van der Waals surface area contributed by atoms with Gasteiger partial charge in [-0.1, -0.05) is 23.7 Å². The van der Waals surface area contributed by atoms with Gasteiger partial charge >= 0.3 is 0 Å². The van der Waals surface area contributed by atoms with E-state index in [0.29, 0.717) is 22.4 Å². The maximum Gasteiger partial charge on any atom is 0.255 e. The van der Waals surface area contributed by atoms with Crippen molar-refractivity contribution in [1.29, 1.82) is 0 Å². The van der Waals surface area contributed by atoms with E-state index in [1.165, 1.54) is 6.42 Å². The van der Waals surface area contributed by atoms with E-state index < -0.39 is 0 Å². The summed E-state index contributed by atoms with van der Waals surface area (Å²) >= 11 is 6.10. The van der Waals surface area contributed by atoms with Gasteiger partial charge in [0.25, 0.3) is 5.91 Å². The van der Waals surface area contributed by atoms with Gasteiger partial charge in [0.05, 0.1) is 10.6 Å². The molecule has 1 aromatic carbocycles. The van der Waals surface area contributed by atoms with Crippen LogP contribution >= 0.6 is 11.6 Å². The first-order valence-electron chi connectivity index (χ1n) is 6.48. The summed E-state index contributed by atoms with van der Waals surface area (Å²) in [4.78, 5) is 14.4. The lowest BCUT2D eigenvalue weighted by Gasteiger charge is -2.41. The van der Waals surface area contributed by atoms with Gasteiger partial charge in [-0.05, 0) is 43.5 Å². The van der Waals surface area contributed by atoms with Gasteiger partial charge in [-0.2, -0.15) is 0 Å². The largest absolute Gasteiger partial charge is 0.338 e. The highest BCUT2D eigenvalue weighted by molar-refractivity contribution is 6.33. The second-order valence-electron chi connectivity index (χ2n) is 5.32. The summed E-state index contributed by atoms with van der Waals surface area (Å²) in [5.41, 5.74) is 0.632. The first-order valence-corrected chi connectivity index (χ1v) is 6.86. The molecule has 0 unspecified atom stereocenters. The lowest BCUT2D eigenvalue weighted by atomic mass is 9.85. The van der Waals surface area contributed by atoms with Crippen LogP contribution in [0.25, 0.3) is 0 Å². The van der Waals surface area contributed by atoms with Crippen molar-refractivity contribution < 1.29 is 4.79 Å². The Bertz CT molecular complexity index is 451. The summed E-state index contributed by atoms with van der Waals surface area (Å²) in [7, 11) is 0. The van der Waals surface area contributed by atoms with Crippen LogP contribution in [0.2, 0.25) is 5.02 Å². The molecule has 4 heteroatoms. The Hall–Kier alpha value is -1.06. The molecule has 1 N–H and O–H groups in total. The van der Waals surface area contributed by atoms with Gasteiger partial charge in [0.2, 0.25) is 0 Å². The average Bonchev–Trinajstić information content (AvgIpc) is 2.38. The topological polar surface area (TPSA) is 32.3 Å². The zero-order valence-electron chi connectivity index (χ0n) is 10.2. The molecule has 0 spiro atoms. The van der Waals surface area contributed by atoms with Crippen molar-refractivity contribution in [1.82, 2.24) is 10.2 Å². The summed E-state index contributed by atoms with van der Waals surface area (Å²) in [6, 6.07) is 7.31. The van der Waals surface area contributed by atoms with Gasteiger partial charge in [0.15, 0.2) is 0 Å². The number of hydrogen-bond donors (Lipinski definition) is 1. The zero-order valence-corrected chi connectivity index (χ0v) is 11.0. The number of benzene rings is 1. The molecule has 2 aliphatic heterocycles. The highest BCUT2D eigenvalue weighted by atomic mass is 35.5. The van der Waals surface area contributed by atoms with Gasteiger partial charge in [-0.3, -0.25) is 4.79 Å². The first-order chi connectivity index (χ1) is 8.74. The number of hydrogen-bond acceptors (Lipinski definition) is 2. The van der Waals surface area contributed by atoms with Crippen molar-refractivity contribution in [2.75, 3.05) is 26.2 Å². The lowest BCUT2D eigenvalue weighted by Crippen LogP contribution is -2.52. The van der Waals surface area contributed by atoms with E-state index in [2.05, 4.69) is 5.32 Å². The molecular formula is C14H17ClN2O. The van der Waals surface area contributed by atoms with Crippen LogP contribution in [-0.2, 0) is 0 Å². The summed E-state index contributed by atoms with van der Waals surface area (Å²) in [6.07, 6.45) is 1.25. The highest BCUT2D eigenvalue weighted by Crippen LogP contribution is 2.27. The van der Waals surface area contributed by atoms with Gasteiger partial charge in [-0.25, -0.2) is 0 Å². The van der Waals surface area contributed by atoms with E-state index in [1.807, 2.05) is 23.1 Å². The van der Waals surface area contributed by atoms with Crippen LogP contribution in [0.1, 0.15) is 16.8 Å². The fourth-order valence-corrected chi connectivity index (χ4v) is 3.29. The number of piperidine rings is 2. The minimum Gasteiger partial charge on any atom is -0.338 e. The zero-order chi connectivity index (χ0) is 12.5. The Labute approximate surface area is 112 Å². The molecule has 2 fully saturated rings. The number of nitrogens with zero attached hydrogens (tertiary/aromatic N) is 1. The monoisotopic (exact) mass is 264 g/mol. The molecule has 0 saturated carbocycles. The van der Waals surface area contributed by atoms with Crippen LogP contribution in [0.4, 0.5) is 0 Å². The Balaban J connectivity index is 1.79. The number of carbonyl (C=O) groups is 1. The summed E-state index contributed by atoms with van der Waals surface area (Å²) in [5, 5.41) is 3.99. The molecule has 3 rings (SSSR count). The predicted molar refractivity (Wildman–Crippen MR) is 71.8 cm³/mol. The van der Waals surface area contributed by atoms with Crippen molar-refractivity contribution in [2.45, 2.75) is 6.42 Å².